The summed E-state index contributed by atoms with van der Waals surface area (Å²) in [5.74, 6) is 0. The molecule has 5 heteroatoms. The molecule has 0 spiro atoms. The Morgan fingerprint density at radius 2 is 2.00 bits per heavy atom. The highest BCUT2D eigenvalue weighted by atomic mass is 32.1. The van der Waals surface area contributed by atoms with Crippen LogP contribution in [0, 0.1) is 0 Å². The number of nitrogens with two attached hydrogens (primary N) is 1. The molecule has 1 fully saturated rings. The molecule has 1 aromatic heterocycles. The van der Waals surface area contributed by atoms with Gasteiger partial charge in [0.1, 0.15) is 5.01 Å². The van der Waals surface area contributed by atoms with E-state index < -0.39 is 0 Å². The first-order chi connectivity index (χ1) is 7.16. The van der Waals surface area contributed by atoms with Gasteiger partial charge in [-0.3, -0.25) is 4.90 Å². The molecule has 2 heterocycles. The van der Waals surface area contributed by atoms with Gasteiger partial charge >= 0.3 is 0 Å². The summed E-state index contributed by atoms with van der Waals surface area (Å²) in [6, 6.07) is 1.30. The SMILES string of the molecule is C[C@@H]1CCC[C@H](C)N1Cc1nnc(N)s1. The Kier molecular flexibility index (Phi) is 3.21. The Hall–Kier alpha value is -0.680. The van der Waals surface area contributed by atoms with Crippen LogP contribution in [0.15, 0.2) is 0 Å². The molecule has 0 bridgehead atoms. The molecule has 84 valence electrons. The number of nitrogens with zero attached hydrogens (tertiary/aromatic N) is 3. The van der Waals surface area contributed by atoms with Gasteiger partial charge in [-0.2, -0.15) is 0 Å². The monoisotopic (exact) mass is 226 g/mol. The van der Waals surface area contributed by atoms with Crippen molar-refractivity contribution in [3.05, 3.63) is 5.01 Å². The number of nitrogen functional groups attached to an aromatic ring is 1. The Morgan fingerprint density at radius 3 is 2.53 bits per heavy atom. The molecular formula is C10H18N4S. The molecule has 15 heavy (non-hydrogen) atoms. The van der Waals surface area contributed by atoms with Gasteiger partial charge in [-0.15, -0.1) is 10.2 Å². The molecule has 1 aromatic rings. The molecule has 0 amide bonds. The number of anilines is 1. The maximum Gasteiger partial charge on any atom is 0.203 e. The third-order valence-electron chi connectivity index (χ3n) is 3.18. The Labute approximate surface area is 94.5 Å². The summed E-state index contributed by atoms with van der Waals surface area (Å²) in [7, 11) is 0. The molecule has 1 aliphatic heterocycles. The van der Waals surface area contributed by atoms with E-state index in [9.17, 15) is 0 Å². The van der Waals surface area contributed by atoms with Gasteiger partial charge in [-0.25, -0.2) is 0 Å². The van der Waals surface area contributed by atoms with Crippen molar-refractivity contribution < 1.29 is 0 Å². The van der Waals surface area contributed by atoms with Gasteiger partial charge in [0.15, 0.2) is 0 Å². The highest BCUT2D eigenvalue weighted by Crippen LogP contribution is 2.25. The lowest BCUT2D eigenvalue weighted by molar-refractivity contribution is 0.0949. The smallest absolute Gasteiger partial charge is 0.203 e. The van der Waals surface area contributed by atoms with Crippen LogP contribution in [0.2, 0.25) is 0 Å². The van der Waals surface area contributed by atoms with E-state index in [0.29, 0.717) is 17.2 Å². The van der Waals surface area contributed by atoms with Crippen molar-refractivity contribution in [2.24, 2.45) is 0 Å². The van der Waals surface area contributed by atoms with Crippen LogP contribution >= 0.6 is 11.3 Å². The van der Waals surface area contributed by atoms with Crippen LogP contribution in [0.25, 0.3) is 0 Å². The molecule has 4 nitrogen and oxygen atoms in total. The largest absolute Gasteiger partial charge is 0.374 e. The molecule has 1 aliphatic rings. The minimum Gasteiger partial charge on any atom is -0.374 e. The molecule has 1 saturated heterocycles. The predicted octanol–water partition coefficient (Wildman–Crippen LogP) is 1.88. The van der Waals surface area contributed by atoms with Gasteiger partial charge in [-0.05, 0) is 26.7 Å². The summed E-state index contributed by atoms with van der Waals surface area (Å²) >= 11 is 1.50. The van der Waals surface area contributed by atoms with E-state index in [2.05, 4.69) is 28.9 Å². The second kappa shape index (κ2) is 4.45. The van der Waals surface area contributed by atoms with E-state index in [-0.39, 0.29) is 0 Å². The lowest BCUT2D eigenvalue weighted by atomic mass is 9.98. The fraction of sp³-hybridized carbons (Fsp3) is 0.800. The molecule has 2 rings (SSSR count). The van der Waals surface area contributed by atoms with Crippen molar-refractivity contribution in [2.45, 2.75) is 51.7 Å². The first kappa shape index (κ1) is 10.8. The minimum absolute atomic E-state index is 0.572. The third-order valence-corrected chi connectivity index (χ3v) is 3.91. The maximum atomic E-state index is 5.58. The van der Waals surface area contributed by atoms with E-state index in [1.807, 2.05) is 0 Å². The zero-order chi connectivity index (χ0) is 10.8. The third kappa shape index (κ3) is 2.46. The first-order valence-corrected chi connectivity index (χ1v) is 6.32. The number of aromatic nitrogens is 2. The highest BCUT2D eigenvalue weighted by molar-refractivity contribution is 7.15. The number of rotatable bonds is 2. The number of hydrogen-bond donors (Lipinski definition) is 1. The van der Waals surface area contributed by atoms with Crippen LogP contribution in [0.5, 0.6) is 0 Å². The summed E-state index contributed by atoms with van der Waals surface area (Å²) in [6.45, 7) is 5.48. The van der Waals surface area contributed by atoms with Crippen molar-refractivity contribution in [1.29, 1.82) is 0 Å². The van der Waals surface area contributed by atoms with Crippen molar-refractivity contribution in [2.75, 3.05) is 5.73 Å². The zero-order valence-electron chi connectivity index (χ0n) is 9.31. The molecule has 2 N–H and O–H groups in total. The van der Waals surface area contributed by atoms with E-state index in [0.717, 1.165) is 11.6 Å². The van der Waals surface area contributed by atoms with Gasteiger partial charge in [0, 0.05) is 12.1 Å². The fourth-order valence-corrected chi connectivity index (χ4v) is 2.89. The summed E-state index contributed by atoms with van der Waals surface area (Å²) in [6.07, 6.45) is 3.92. The second-order valence-corrected chi connectivity index (χ2v) is 5.43. The van der Waals surface area contributed by atoms with E-state index >= 15 is 0 Å². The molecular weight excluding hydrogens is 208 g/mol. The molecule has 0 aliphatic carbocycles. The highest BCUT2D eigenvalue weighted by Gasteiger charge is 2.25. The van der Waals surface area contributed by atoms with Crippen LogP contribution in [-0.4, -0.2) is 27.2 Å². The van der Waals surface area contributed by atoms with Crippen molar-refractivity contribution >= 4 is 16.5 Å². The summed E-state index contributed by atoms with van der Waals surface area (Å²) in [5, 5.41) is 9.54. The first-order valence-electron chi connectivity index (χ1n) is 5.50. The van der Waals surface area contributed by atoms with Gasteiger partial charge in [0.2, 0.25) is 5.13 Å². The van der Waals surface area contributed by atoms with Crippen molar-refractivity contribution in [3.63, 3.8) is 0 Å². The maximum absolute atomic E-state index is 5.58. The van der Waals surface area contributed by atoms with E-state index in [1.54, 1.807) is 0 Å². The minimum atomic E-state index is 0.572. The second-order valence-electron chi connectivity index (χ2n) is 4.34. The zero-order valence-corrected chi connectivity index (χ0v) is 10.1. The van der Waals surface area contributed by atoms with E-state index in [1.165, 1.54) is 30.6 Å². The Bertz CT molecular complexity index is 315. The van der Waals surface area contributed by atoms with Crippen LogP contribution < -0.4 is 5.73 Å². The molecule has 0 radical (unpaired) electrons. The van der Waals surface area contributed by atoms with Crippen molar-refractivity contribution in [3.8, 4) is 0 Å². The fourth-order valence-electron chi connectivity index (χ4n) is 2.27. The standard InChI is InChI=1S/C10H18N4S/c1-7-4-3-5-8(2)14(7)6-9-12-13-10(11)15-9/h7-8H,3-6H2,1-2H3,(H2,11,13)/t7-,8+. The number of likely N-dealkylation sites (tertiary alicyclic amines) is 1. The Morgan fingerprint density at radius 1 is 1.33 bits per heavy atom. The quantitative estimate of drug-likeness (QED) is 0.836. The molecule has 0 unspecified atom stereocenters. The van der Waals surface area contributed by atoms with Crippen molar-refractivity contribution in [1.82, 2.24) is 15.1 Å². The molecule has 0 saturated carbocycles. The summed E-state index contributed by atoms with van der Waals surface area (Å²) < 4.78 is 0. The number of piperidine rings is 1. The van der Waals surface area contributed by atoms with Gasteiger partial charge in [0.05, 0.1) is 6.54 Å². The van der Waals surface area contributed by atoms with E-state index in [4.69, 9.17) is 5.73 Å². The van der Waals surface area contributed by atoms with Crippen LogP contribution in [-0.2, 0) is 6.54 Å². The van der Waals surface area contributed by atoms with Crippen LogP contribution in [0.1, 0.15) is 38.1 Å². The molecule has 2 atom stereocenters. The lowest BCUT2D eigenvalue weighted by Gasteiger charge is -2.38. The summed E-state index contributed by atoms with van der Waals surface area (Å²) in [5.41, 5.74) is 5.58. The predicted molar refractivity (Wildman–Crippen MR) is 62.6 cm³/mol. The average Bonchev–Trinajstić information content (AvgIpc) is 2.58. The average molecular weight is 226 g/mol. The van der Waals surface area contributed by atoms with Gasteiger partial charge < -0.3 is 5.73 Å². The topological polar surface area (TPSA) is 55.0 Å². The number of hydrogen-bond acceptors (Lipinski definition) is 5. The van der Waals surface area contributed by atoms with Crippen LogP contribution in [0.4, 0.5) is 5.13 Å². The van der Waals surface area contributed by atoms with Gasteiger partial charge in [0.25, 0.3) is 0 Å². The van der Waals surface area contributed by atoms with Crippen LogP contribution in [0.3, 0.4) is 0 Å². The Balaban J connectivity index is 2.03. The summed E-state index contributed by atoms with van der Waals surface area (Å²) in [4.78, 5) is 2.50. The normalized spacial score (nSPS) is 28.1. The van der Waals surface area contributed by atoms with Gasteiger partial charge in [-0.1, -0.05) is 17.8 Å². The lowest BCUT2D eigenvalue weighted by Crippen LogP contribution is -2.42. The molecule has 0 aromatic carbocycles.